The van der Waals surface area contributed by atoms with Gasteiger partial charge in [-0.15, -0.1) is 22.7 Å². The molecule has 0 fully saturated rings. The number of carbonyl (C=O) groups excluding carboxylic acids is 2. The first-order valence-electron chi connectivity index (χ1n) is 12.8. The second-order valence-corrected chi connectivity index (χ2v) is 11.4. The van der Waals surface area contributed by atoms with Gasteiger partial charge in [-0.3, -0.25) is 14.4 Å². The van der Waals surface area contributed by atoms with E-state index < -0.39 is 11.8 Å². The zero-order valence-corrected chi connectivity index (χ0v) is 24.5. The number of thiophene rings is 2. The van der Waals surface area contributed by atoms with Gasteiger partial charge in [0.1, 0.15) is 13.2 Å². The molecule has 0 radical (unpaired) electrons. The first kappa shape index (κ1) is 30.0. The highest BCUT2D eigenvalue weighted by Gasteiger charge is 2.21. The van der Waals surface area contributed by atoms with Crippen molar-refractivity contribution in [3.8, 4) is 23.0 Å². The van der Waals surface area contributed by atoms with E-state index in [0.717, 1.165) is 10.1 Å². The Bertz CT molecular complexity index is 1630. The van der Waals surface area contributed by atoms with E-state index >= 15 is 4.39 Å². The third kappa shape index (κ3) is 6.86. The fraction of sp³-hybridized carbons (Fsp3) is 0.300. The molecule has 1 N–H and O–H groups in total. The molecule has 0 aliphatic carbocycles. The summed E-state index contributed by atoms with van der Waals surface area (Å²) in [6.07, 6.45) is 0.793. The van der Waals surface area contributed by atoms with E-state index in [1.807, 2.05) is 6.92 Å². The Hall–Kier alpha value is -3.96. The molecule has 2 heterocycles. The van der Waals surface area contributed by atoms with Gasteiger partial charge in [0, 0.05) is 39.8 Å². The molecule has 0 saturated carbocycles. The minimum Gasteiger partial charge on any atom is -0.493 e. The van der Waals surface area contributed by atoms with Crippen LogP contribution in [0.25, 0.3) is 20.2 Å². The van der Waals surface area contributed by atoms with Crippen molar-refractivity contribution in [2.75, 3.05) is 27.4 Å². The lowest BCUT2D eigenvalue weighted by Crippen LogP contribution is -2.10. The number of rotatable bonds is 15. The standard InChI is InChI=1S/C30H29FO8S2/c1-5-6-19(32)27-11-18-25(41-27)13-23(37-4)30(29(18)31)39-15-16(2)14-38-22-9-17-10-26(20(33)7-8-28(34)35)40-24(17)12-21(22)36-3/h9-13H,2,5-8,14-15H2,1,3-4H3,(H,34,35). The molecule has 2 aromatic carbocycles. The summed E-state index contributed by atoms with van der Waals surface area (Å²) in [4.78, 5) is 36.4. The number of carboxylic acids is 1. The maximum atomic E-state index is 15.4. The van der Waals surface area contributed by atoms with E-state index in [4.69, 9.17) is 24.1 Å². The predicted molar refractivity (Wildman–Crippen MR) is 157 cm³/mol. The molecule has 0 unspecified atom stereocenters. The van der Waals surface area contributed by atoms with E-state index in [1.54, 1.807) is 30.3 Å². The Morgan fingerprint density at radius 3 is 2.15 bits per heavy atom. The second kappa shape index (κ2) is 13.1. The number of benzene rings is 2. The molecule has 4 rings (SSSR count). The Morgan fingerprint density at radius 1 is 0.829 bits per heavy atom. The van der Waals surface area contributed by atoms with Gasteiger partial charge in [0.15, 0.2) is 40.4 Å². The average molecular weight is 601 g/mol. The summed E-state index contributed by atoms with van der Waals surface area (Å²) in [6.45, 7) is 5.87. The molecular formula is C30H29FO8S2. The van der Waals surface area contributed by atoms with Crippen LogP contribution in [0.15, 0.2) is 42.5 Å². The number of hydrogen-bond donors (Lipinski definition) is 1. The van der Waals surface area contributed by atoms with Crippen LogP contribution in [0, 0.1) is 5.82 Å². The summed E-state index contributed by atoms with van der Waals surface area (Å²) in [6, 6.07) is 8.39. The van der Waals surface area contributed by atoms with Crippen molar-refractivity contribution >= 4 is 60.4 Å². The number of fused-ring (bicyclic) bond motifs is 2. The summed E-state index contributed by atoms with van der Waals surface area (Å²) in [7, 11) is 2.91. The number of ether oxygens (including phenoxy) is 4. The highest BCUT2D eigenvalue weighted by Crippen LogP contribution is 2.41. The Labute approximate surface area is 243 Å². The highest BCUT2D eigenvalue weighted by molar-refractivity contribution is 7.21. The molecule has 8 nitrogen and oxygen atoms in total. The van der Waals surface area contributed by atoms with Crippen LogP contribution in [0.2, 0.25) is 0 Å². The van der Waals surface area contributed by atoms with Crippen LogP contribution in [-0.2, 0) is 4.79 Å². The molecule has 0 bridgehead atoms. The van der Waals surface area contributed by atoms with Crippen molar-refractivity contribution in [3.05, 3.63) is 58.1 Å². The summed E-state index contributed by atoms with van der Waals surface area (Å²) in [5, 5.41) is 9.89. The molecule has 0 amide bonds. The molecule has 41 heavy (non-hydrogen) atoms. The normalized spacial score (nSPS) is 11.0. The van der Waals surface area contributed by atoms with E-state index in [1.165, 1.54) is 36.9 Å². The fourth-order valence-electron chi connectivity index (χ4n) is 4.07. The molecule has 0 atom stereocenters. The van der Waals surface area contributed by atoms with Gasteiger partial charge >= 0.3 is 5.97 Å². The molecule has 0 spiro atoms. The van der Waals surface area contributed by atoms with Crippen molar-refractivity contribution in [2.24, 2.45) is 0 Å². The largest absolute Gasteiger partial charge is 0.493 e. The van der Waals surface area contributed by atoms with Crippen molar-refractivity contribution in [1.29, 1.82) is 0 Å². The van der Waals surface area contributed by atoms with Crippen molar-refractivity contribution in [1.82, 2.24) is 0 Å². The lowest BCUT2D eigenvalue weighted by atomic mass is 10.1. The molecule has 2 aromatic heterocycles. The maximum absolute atomic E-state index is 15.4. The molecule has 0 aliphatic heterocycles. The van der Waals surface area contributed by atoms with Gasteiger partial charge in [-0.05, 0) is 35.6 Å². The monoisotopic (exact) mass is 600 g/mol. The Balaban J connectivity index is 1.45. The van der Waals surface area contributed by atoms with E-state index in [0.29, 0.717) is 49.8 Å². The van der Waals surface area contributed by atoms with Crippen LogP contribution < -0.4 is 18.9 Å². The van der Waals surface area contributed by atoms with Crippen LogP contribution in [0.3, 0.4) is 0 Å². The van der Waals surface area contributed by atoms with E-state index in [2.05, 4.69) is 6.58 Å². The predicted octanol–water partition coefficient (Wildman–Crippen LogP) is 7.32. The first-order valence-corrected chi connectivity index (χ1v) is 14.4. The molecule has 0 aliphatic rings. The first-order chi connectivity index (χ1) is 19.6. The van der Waals surface area contributed by atoms with Gasteiger partial charge in [0.25, 0.3) is 0 Å². The van der Waals surface area contributed by atoms with Crippen molar-refractivity contribution < 1.29 is 42.8 Å². The maximum Gasteiger partial charge on any atom is 0.303 e. The fourth-order valence-corrected chi connectivity index (χ4v) is 6.16. The van der Waals surface area contributed by atoms with Gasteiger partial charge in [-0.2, -0.15) is 0 Å². The zero-order chi connectivity index (χ0) is 29.7. The quantitative estimate of drug-likeness (QED) is 0.112. The second-order valence-electron chi connectivity index (χ2n) is 9.21. The zero-order valence-electron chi connectivity index (χ0n) is 22.8. The Kier molecular flexibility index (Phi) is 9.61. The number of aliphatic carboxylic acids is 1. The number of ketones is 2. The van der Waals surface area contributed by atoms with E-state index in [-0.39, 0.29) is 49.1 Å². The third-order valence-corrected chi connectivity index (χ3v) is 8.41. The van der Waals surface area contributed by atoms with Gasteiger partial charge in [-0.25, -0.2) is 4.39 Å². The summed E-state index contributed by atoms with van der Waals surface area (Å²) >= 11 is 2.48. The van der Waals surface area contributed by atoms with E-state index in [9.17, 15) is 14.4 Å². The topological polar surface area (TPSA) is 108 Å². The van der Waals surface area contributed by atoms with Gasteiger partial charge in [0.2, 0.25) is 0 Å². The molecule has 4 aromatic rings. The van der Waals surface area contributed by atoms with Gasteiger partial charge in [-0.1, -0.05) is 13.5 Å². The summed E-state index contributed by atoms with van der Waals surface area (Å²) in [5.41, 5.74) is 0.507. The molecular weight excluding hydrogens is 571 g/mol. The van der Waals surface area contributed by atoms with Crippen LogP contribution in [-0.4, -0.2) is 50.1 Å². The van der Waals surface area contributed by atoms with Gasteiger partial charge in [0.05, 0.1) is 30.4 Å². The number of methoxy groups -OCH3 is 2. The summed E-state index contributed by atoms with van der Waals surface area (Å²) < 4.78 is 39.3. The number of halogens is 1. The SMILES string of the molecule is C=C(COc1cc2cc(C(=O)CCC(=O)O)sc2cc1OC)COc1c(OC)cc2sc(C(=O)CCC)cc2c1F. The van der Waals surface area contributed by atoms with Crippen LogP contribution >= 0.6 is 22.7 Å². The van der Waals surface area contributed by atoms with Crippen LogP contribution in [0.5, 0.6) is 23.0 Å². The smallest absolute Gasteiger partial charge is 0.303 e. The summed E-state index contributed by atoms with van der Waals surface area (Å²) in [5.74, 6) is -0.924. The van der Waals surface area contributed by atoms with Crippen molar-refractivity contribution in [2.45, 2.75) is 32.6 Å². The van der Waals surface area contributed by atoms with Crippen LogP contribution in [0.1, 0.15) is 52.0 Å². The number of Topliss-reactive ketones (excluding diaryl/α,β-unsaturated/α-hetero) is 2. The Morgan fingerprint density at radius 2 is 1.46 bits per heavy atom. The molecule has 216 valence electrons. The number of carboxylic acid groups (broad SMARTS) is 1. The number of carbonyl (C=O) groups is 3. The molecule has 0 saturated heterocycles. The highest BCUT2D eigenvalue weighted by atomic mass is 32.1. The van der Waals surface area contributed by atoms with Gasteiger partial charge < -0.3 is 24.1 Å². The lowest BCUT2D eigenvalue weighted by molar-refractivity contribution is -0.136. The number of hydrogen-bond acceptors (Lipinski definition) is 9. The minimum atomic E-state index is -1.03. The van der Waals surface area contributed by atoms with Crippen molar-refractivity contribution in [3.63, 3.8) is 0 Å². The average Bonchev–Trinajstić information content (AvgIpc) is 3.58. The third-order valence-electron chi connectivity index (χ3n) is 6.15. The lowest BCUT2D eigenvalue weighted by Gasteiger charge is -2.15. The molecule has 11 heteroatoms. The van der Waals surface area contributed by atoms with Crippen LogP contribution in [0.4, 0.5) is 4.39 Å². The minimum absolute atomic E-state index is 0.0304.